The van der Waals surface area contributed by atoms with Crippen molar-refractivity contribution >= 4 is 0 Å². The molecule has 1 aromatic rings. The van der Waals surface area contributed by atoms with E-state index in [1.165, 1.54) is 32.1 Å². The second kappa shape index (κ2) is 6.35. The van der Waals surface area contributed by atoms with Gasteiger partial charge in [0, 0.05) is 7.11 Å². The van der Waals surface area contributed by atoms with E-state index in [1.54, 1.807) is 7.11 Å². The molecule has 1 saturated carbocycles. The van der Waals surface area contributed by atoms with Crippen LogP contribution in [-0.4, -0.2) is 18.8 Å². The third-order valence-electron chi connectivity index (χ3n) is 4.05. The van der Waals surface area contributed by atoms with Crippen LogP contribution in [0.4, 0.5) is 0 Å². The predicted molar refractivity (Wildman–Crippen MR) is 73.4 cm³/mol. The molecule has 0 amide bonds. The van der Waals surface area contributed by atoms with Crippen LogP contribution in [0.5, 0.6) is 0 Å². The van der Waals surface area contributed by atoms with Crippen LogP contribution < -0.4 is 0 Å². The number of ether oxygens (including phenoxy) is 1. The molecule has 0 aliphatic heterocycles. The van der Waals surface area contributed by atoms with E-state index in [1.807, 2.05) is 30.3 Å². The zero-order valence-corrected chi connectivity index (χ0v) is 11.3. The molecule has 0 spiro atoms. The Bertz CT molecular complexity index is 343. The Morgan fingerprint density at radius 1 is 1.17 bits per heavy atom. The van der Waals surface area contributed by atoms with Crippen molar-refractivity contribution in [2.75, 3.05) is 13.7 Å². The summed E-state index contributed by atoms with van der Waals surface area (Å²) in [4.78, 5) is 0. The Kier molecular flexibility index (Phi) is 4.79. The number of benzene rings is 1. The smallest absolute Gasteiger partial charge is 0.113 e. The van der Waals surface area contributed by atoms with Crippen LogP contribution in [0.3, 0.4) is 0 Å². The van der Waals surface area contributed by atoms with Crippen molar-refractivity contribution in [2.24, 2.45) is 5.92 Å². The number of rotatable bonds is 5. The van der Waals surface area contributed by atoms with Crippen LogP contribution in [0.2, 0.25) is 0 Å². The summed E-state index contributed by atoms with van der Waals surface area (Å²) in [6, 6.07) is 9.95. The van der Waals surface area contributed by atoms with Crippen LogP contribution in [-0.2, 0) is 10.3 Å². The number of hydrogen-bond donors (Lipinski definition) is 1. The van der Waals surface area contributed by atoms with Crippen molar-refractivity contribution in [3.05, 3.63) is 35.9 Å². The van der Waals surface area contributed by atoms with E-state index in [2.05, 4.69) is 0 Å². The quantitative estimate of drug-likeness (QED) is 0.864. The Labute approximate surface area is 110 Å². The summed E-state index contributed by atoms with van der Waals surface area (Å²) >= 11 is 0. The van der Waals surface area contributed by atoms with E-state index >= 15 is 0 Å². The molecule has 0 saturated heterocycles. The second-order valence-corrected chi connectivity index (χ2v) is 5.54. The first-order valence-electron chi connectivity index (χ1n) is 7.01. The lowest BCUT2D eigenvalue weighted by atomic mass is 9.78. The van der Waals surface area contributed by atoms with E-state index in [0.29, 0.717) is 12.5 Å². The summed E-state index contributed by atoms with van der Waals surface area (Å²) in [6.45, 7) is 0.382. The molecule has 18 heavy (non-hydrogen) atoms. The van der Waals surface area contributed by atoms with Gasteiger partial charge in [-0.3, -0.25) is 0 Å². The third-order valence-corrected chi connectivity index (χ3v) is 4.05. The number of hydrogen-bond acceptors (Lipinski definition) is 2. The average Bonchev–Trinajstić information content (AvgIpc) is 2.41. The van der Waals surface area contributed by atoms with Crippen LogP contribution >= 0.6 is 0 Å². The molecule has 1 aromatic carbocycles. The summed E-state index contributed by atoms with van der Waals surface area (Å²) < 4.78 is 5.25. The van der Waals surface area contributed by atoms with Gasteiger partial charge in [0.05, 0.1) is 6.61 Å². The number of aliphatic hydroxyl groups is 1. The van der Waals surface area contributed by atoms with Gasteiger partial charge in [-0.1, -0.05) is 62.4 Å². The Balaban J connectivity index is 2.10. The molecule has 2 heteroatoms. The summed E-state index contributed by atoms with van der Waals surface area (Å²) in [5.74, 6) is 0.638. The van der Waals surface area contributed by atoms with Crippen molar-refractivity contribution in [1.82, 2.24) is 0 Å². The van der Waals surface area contributed by atoms with Crippen molar-refractivity contribution in [2.45, 2.75) is 44.1 Å². The van der Waals surface area contributed by atoms with Crippen LogP contribution in [0.1, 0.15) is 44.1 Å². The van der Waals surface area contributed by atoms with Gasteiger partial charge in [-0.05, 0) is 17.9 Å². The van der Waals surface area contributed by atoms with E-state index in [0.717, 1.165) is 12.0 Å². The van der Waals surface area contributed by atoms with Gasteiger partial charge in [-0.25, -0.2) is 0 Å². The maximum atomic E-state index is 10.9. The molecular weight excluding hydrogens is 224 g/mol. The van der Waals surface area contributed by atoms with Gasteiger partial charge in [0.25, 0.3) is 0 Å². The van der Waals surface area contributed by atoms with E-state index in [4.69, 9.17) is 4.74 Å². The fraction of sp³-hybridized carbons (Fsp3) is 0.625. The van der Waals surface area contributed by atoms with Crippen molar-refractivity contribution in [1.29, 1.82) is 0 Å². The molecule has 1 fully saturated rings. The fourth-order valence-corrected chi connectivity index (χ4v) is 3.12. The second-order valence-electron chi connectivity index (χ2n) is 5.54. The highest BCUT2D eigenvalue weighted by atomic mass is 16.5. The minimum Gasteiger partial charge on any atom is -0.383 e. The minimum atomic E-state index is -0.821. The first-order valence-corrected chi connectivity index (χ1v) is 7.01. The topological polar surface area (TPSA) is 29.5 Å². The van der Waals surface area contributed by atoms with Crippen LogP contribution in [0, 0.1) is 5.92 Å². The standard InChI is InChI=1S/C16H24O2/c1-18-13-16(17,15-10-6-3-7-11-15)12-14-8-4-2-5-9-14/h3,6-7,10-11,14,17H,2,4-5,8-9,12-13H2,1H3. The lowest BCUT2D eigenvalue weighted by molar-refractivity contribution is -0.0559. The first-order chi connectivity index (χ1) is 8.74. The Morgan fingerprint density at radius 3 is 2.44 bits per heavy atom. The molecule has 1 aliphatic carbocycles. The van der Waals surface area contributed by atoms with Crippen molar-refractivity contribution in [3.8, 4) is 0 Å². The van der Waals surface area contributed by atoms with Crippen LogP contribution in [0.25, 0.3) is 0 Å². The third kappa shape index (κ3) is 3.33. The van der Waals surface area contributed by atoms with Gasteiger partial charge in [0.2, 0.25) is 0 Å². The van der Waals surface area contributed by atoms with Gasteiger partial charge < -0.3 is 9.84 Å². The highest BCUT2D eigenvalue weighted by molar-refractivity contribution is 5.22. The molecule has 1 atom stereocenters. The van der Waals surface area contributed by atoms with E-state index in [9.17, 15) is 5.11 Å². The molecule has 100 valence electrons. The summed E-state index contributed by atoms with van der Waals surface area (Å²) in [5.41, 5.74) is 0.162. The highest BCUT2D eigenvalue weighted by Crippen LogP contribution is 2.35. The lowest BCUT2D eigenvalue weighted by Gasteiger charge is -2.33. The largest absolute Gasteiger partial charge is 0.383 e. The average molecular weight is 248 g/mol. The Morgan fingerprint density at radius 2 is 1.83 bits per heavy atom. The number of methoxy groups -OCH3 is 1. The molecule has 2 nitrogen and oxygen atoms in total. The minimum absolute atomic E-state index is 0.382. The van der Waals surface area contributed by atoms with E-state index in [-0.39, 0.29) is 0 Å². The van der Waals surface area contributed by atoms with Gasteiger partial charge >= 0.3 is 0 Å². The fourth-order valence-electron chi connectivity index (χ4n) is 3.12. The van der Waals surface area contributed by atoms with Crippen molar-refractivity contribution < 1.29 is 9.84 Å². The van der Waals surface area contributed by atoms with E-state index < -0.39 is 5.60 Å². The van der Waals surface area contributed by atoms with Crippen molar-refractivity contribution in [3.63, 3.8) is 0 Å². The lowest BCUT2D eigenvalue weighted by Crippen LogP contribution is -2.34. The van der Waals surface area contributed by atoms with Gasteiger partial charge in [0.15, 0.2) is 0 Å². The summed E-state index contributed by atoms with van der Waals surface area (Å²) in [7, 11) is 1.66. The molecule has 0 radical (unpaired) electrons. The molecule has 2 rings (SSSR count). The maximum absolute atomic E-state index is 10.9. The summed E-state index contributed by atoms with van der Waals surface area (Å²) in [5, 5.41) is 10.9. The highest BCUT2D eigenvalue weighted by Gasteiger charge is 2.32. The first kappa shape index (κ1) is 13.6. The van der Waals surface area contributed by atoms with Gasteiger partial charge in [0.1, 0.15) is 5.60 Å². The van der Waals surface area contributed by atoms with Gasteiger partial charge in [-0.15, -0.1) is 0 Å². The predicted octanol–water partition coefficient (Wildman–Crippen LogP) is 3.49. The molecule has 0 bridgehead atoms. The molecule has 1 N–H and O–H groups in total. The van der Waals surface area contributed by atoms with Gasteiger partial charge in [-0.2, -0.15) is 0 Å². The molecule has 1 aliphatic rings. The van der Waals surface area contributed by atoms with Crippen LogP contribution in [0.15, 0.2) is 30.3 Å². The monoisotopic (exact) mass is 248 g/mol. The molecule has 1 unspecified atom stereocenters. The maximum Gasteiger partial charge on any atom is 0.113 e. The zero-order chi connectivity index (χ0) is 12.8. The summed E-state index contributed by atoms with van der Waals surface area (Å²) in [6.07, 6.45) is 7.29. The molecule has 0 heterocycles. The molecular formula is C16H24O2. The zero-order valence-electron chi connectivity index (χ0n) is 11.3. The normalized spacial score (nSPS) is 20.6. The SMILES string of the molecule is COCC(O)(CC1CCCCC1)c1ccccc1. The Hall–Kier alpha value is -0.860. The molecule has 0 aromatic heterocycles.